The molecule has 1 unspecified atom stereocenters. The number of carbonyl (C=O) groups is 1. The maximum atomic E-state index is 11.7. The molecule has 22 heavy (non-hydrogen) atoms. The molecule has 0 bridgehead atoms. The third-order valence-corrected chi connectivity index (χ3v) is 4.70. The standard InChI is InChI=1S/C17H18ClNO2S/c1-10(2)17(20)19-8-14-6-13-5-12(11-3-4-22-9-11)7-15(18)16(13)21-14/h3-5,7,9-10,14H,6,8H2,1-2H3,(H,19,20). The minimum atomic E-state index is -0.0482. The summed E-state index contributed by atoms with van der Waals surface area (Å²) >= 11 is 8.03. The van der Waals surface area contributed by atoms with Gasteiger partial charge in [0.05, 0.1) is 11.6 Å². The number of amides is 1. The van der Waals surface area contributed by atoms with E-state index in [1.165, 1.54) is 5.56 Å². The highest BCUT2D eigenvalue weighted by atomic mass is 35.5. The van der Waals surface area contributed by atoms with Crippen LogP contribution >= 0.6 is 22.9 Å². The molecule has 116 valence electrons. The van der Waals surface area contributed by atoms with E-state index in [2.05, 4.69) is 28.2 Å². The number of hydrogen-bond acceptors (Lipinski definition) is 3. The van der Waals surface area contributed by atoms with Gasteiger partial charge < -0.3 is 10.1 Å². The highest BCUT2D eigenvalue weighted by molar-refractivity contribution is 7.08. The summed E-state index contributed by atoms with van der Waals surface area (Å²) in [5.41, 5.74) is 3.39. The van der Waals surface area contributed by atoms with Crippen LogP contribution in [0.3, 0.4) is 0 Å². The van der Waals surface area contributed by atoms with Crippen molar-refractivity contribution < 1.29 is 9.53 Å². The Kier molecular flexibility index (Phi) is 4.41. The maximum Gasteiger partial charge on any atom is 0.222 e. The molecule has 1 aliphatic rings. The molecule has 2 heterocycles. The topological polar surface area (TPSA) is 38.3 Å². The Labute approximate surface area is 139 Å². The molecule has 0 radical (unpaired) electrons. The molecule has 1 aromatic heterocycles. The third-order valence-electron chi connectivity index (χ3n) is 3.74. The number of halogens is 1. The average Bonchev–Trinajstić information content (AvgIpc) is 3.13. The van der Waals surface area contributed by atoms with Crippen LogP contribution in [0.1, 0.15) is 19.4 Å². The van der Waals surface area contributed by atoms with E-state index in [9.17, 15) is 4.79 Å². The van der Waals surface area contributed by atoms with E-state index in [1.807, 2.05) is 19.9 Å². The molecule has 0 spiro atoms. The minimum absolute atomic E-state index is 0.0161. The first kappa shape index (κ1) is 15.4. The molecule has 3 nitrogen and oxygen atoms in total. The molecule has 0 saturated heterocycles. The van der Waals surface area contributed by atoms with Crippen molar-refractivity contribution >= 4 is 28.8 Å². The molecule has 2 aromatic rings. The fourth-order valence-corrected chi connectivity index (χ4v) is 3.46. The Morgan fingerprint density at radius 3 is 2.95 bits per heavy atom. The van der Waals surface area contributed by atoms with Gasteiger partial charge in [-0.05, 0) is 40.1 Å². The van der Waals surface area contributed by atoms with E-state index in [1.54, 1.807) is 11.3 Å². The molecule has 1 amide bonds. The van der Waals surface area contributed by atoms with Crippen LogP contribution in [0, 0.1) is 5.92 Å². The van der Waals surface area contributed by atoms with Gasteiger partial charge in [-0.2, -0.15) is 11.3 Å². The fraction of sp³-hybridized carbons (Fsp3) is 0.353. The van der Waals surface area contributed by atoms with Crippen LogP contribution in [0.15, 0.2) is 29.0 Å². The van der Waals surface area contributed by atoms with E-state index in [0.717, 1.165) is 23.3 Å². The minimum Gasteiger partial charge on any atom is -0.486 e. The summed E-state index contributed by atoms with van der Waals surface area (Å²) in [6.45, 7) is 4.27. The van der Waals surface area contributed by atoms with Crippen molar-refractivity contribution in [1.29, 1.82) is 0 Å². The zero-order valence-corrected chi connectivity index (χ0v) is 14.1. The molecule has 1 N–H and O–H groups in total. The Morgan fingerprint density at radius 2 is 2.27 bits per heavy atom. The van der Waals surface area contributed by atoms with Crippen LogP contribution in [0.4, 0.5) is 0 Å². The largest absolute Gasteiger partial charge is 0.486 e. The Balaban J connectivity index is 1.73. The van der Waals surface area contributed by atoms with Gasteiger partial charge >= 0.3 is 0 Å². The van der Waals surface area contributed by atoms with E-state index >= 15 is 0 Å². The van der Waals surface area contributed by atoms with E-state index in [4.69, 9.17) is 16.3 Å². The van der Waals surface area contributed by atoms with Gasteiger partial charge in [-0.15, -0.1) is 0 Å². The molecule has 1 atom stereocenters. The Hall–Kier alpha value is -1.52. The lowest BCUT2D eigenvalue weighted by atomic mass is 10.0. The van der Waals surface area contributed by atoms with E-state index < -0.39 is 0 Å². The van der Waals surface area contributed by atoms with Crippen molar-refractivity contribution in [3.05, 3.63) is 39.5 Å². The molecule has 5 heteroatoms. The molecule has 1 aromatic carbocycles. The Bertz CT molecular complexity index is 682. The van der Waals surface area contributed by atoms with E-state index in [0.29, 0.717) is 11.6 Å². The summed E-state index contributed by atoms with van der Waals surface area (Å²) in [5.74, 6) is 0.784. The number of benzene rings is 1. The van der Waals surface area contributed by atoms with Crippen LogP contribution < -0.4 is 10.1 Å². The summed E-state index contributed by atoms with van der Waals surface area (Å²) in [4.78, 5) is 11.7. The van der Waals surface area contributed by atoms with Gasteiger partial charge in [-0.25, -0.2) is 0 Å². The van der Waals surface area contributed by atoms with Crippen LogP contribution in [-0.4, -0.2) is 18.6 Å². The number of fused-ring (bicyclic) bond motifs is 1. The van der Waals surface area contributed by atoms with Crippen molar-refractivity contribution in [3.63, 3.8) is 0 Å². The maximum absolute atomic E-state index is 11.7. The SMILES string of the molecule is CC(C)C(=O)NCC1Cc2cc(-c3ccsc3)cc(Cl)c2O1. The second kappa shape index (κ2) is 6.31. The average molecular weight is 336 g/mol. The fourth-order valence-electron chi connectivity index (χ4n) is 2.52. The summed E-state index contributed by atoms with van der Waals surface area (Å²) < 4.78 is 5.90. The molecule has 0 aliphatic carbocycles. The van der Waals surface area contributed by atoms with Crippen LogP contribution in [-0.2, 0) is 11.2 Å². The van der Waals surface area contributed by atoms with Crippen LogP contribution in [0.5, 0.6) is 5.75 Å². The van der Waals surface area contributed by atoms with E-state index in [-0.39, 0.29) is 17.9 Å². The molecular formula is C17H18ClNO2S. The van der Waals surface area contributed by atoms with Crippen molar-refractivity contribution in [1.82, 2.24) is 5.32 Å². The lowest BCUT2D eigenvalue weighted by Crippen LogP contribution is -2.36. The zero-order chi connectivity index (χ0) is 15.7. The van der Waals surface area contributed by atoms with Gasteiger partial charge in [0.1, 0.15) is 11.9 Å². The summed E-state index contributed by atoms with van der Waals surface area (Å²) in [6, 6.07) is 6.16. The predicted octanol–water partition coefficient (Wildman–Crippen LogP) is 4.14. The first-order chi connectivity index (χ1) is 10.5. The smallest absolute Gasteiger partial charge is 0.222 e. The summed E-state index contributed by atoms with van der Waals surface area (Å²) in [6.07, 6.45) is 0.721. The number of hydrogen-bond donors (Lipinski definition) is 1. The van der Waals surface area contributed by atoms with Crippen molar-refractivity contribution in [2.45, 2.75) is 26.4 Å². The Morgan fingerprint density at radius 1 is 1.45 bits per heavy atom. The second-order valence-corrected chi connectivity index (χ2v) is 6.99. The van der Waals surface area contributed by atoms with Crippen molar-refractivity contribution in [3.8, 4) is 16.9 Å². The van der Waals surface area contributed by atoms with Crippen molar-refractivity contribution in [2.75, 3.05) is 6.54 Å². The summed E-state index contributed by atoms with van der Waals surface area (Å²) in [5, 5.41) is 7.71. The van der Waals surface area contributed by atoms with Gasteiger partial charge in [0.2, 0.25) is 5.91 Å². The first-order valence-electron chi connectivity index (χ1n) is 7.34. The molecule has 0 fully saturated rings. The number of carbonyl (C=O) groups excluding carboxylic acids is 1. The number of thiophene rings is 1. The van der Waals surface area contributed by atoms with Crippen molar-refractivity contribution in [2.24, 2.45) is 5.92 Å². The van der Waals surface area contributed by atoms with Crippen LogP contribution in [0.2, 0.25) is 5.02 Å². The van der Waals surface area contributed by atoms with Crippen LogP contribution in [0.25, 0.3) is 11.1 Å². The highest BCUT2D eigenvalue weighted by Crippen LogP contribution is 2.39. The number of ether oxygens (including phenoxy) is 1. The predicted molar refractivity (Wildman–Crippen MR) is 90.7 cm³/mol. The quantitative estimate of drug-likeness (QED) is 0.911. The number of nitrogens with one attached hydrogen (secondary N) is 1. The van der Waals surface area contributed by atoms with Gasteiger partial charge in [-0.3, -0.25) is 4.79 Å². The highest BCUT2D eigenvalue weighted by Gasteiger charge is 2.26. The van der Waals surface area contributed by atoms with Gasteiger partial charge in [0, 0.05) is 17.9 Å². The monoisotopic (exact) mass is 335 g/mol. The molecule has 3 rings (SSSR count). The molecular weight excluding hydrogens is 318 g/mol. The van der Waals surface area contributed by atoms with Gasteiger partial charge in [0.25, 0.3) is 0 Å². The lowest BCUT2D eigenvalue weighted by molar-refractivity contribution is -0.124. The third kappa shape index (κ3) is 3.13. The zero-order valence-electron chi connectivity index (χ0n) is 12.6. The molecule has 0 saturated carbocycles. The van der Waals surface area contributed by atoms with Gasteiger partial charge in [0.15, 0.2) is 0 Å². The second-order valence-electron chi connectivity index (χ2n) is 5.80. The van der Waals surface area contributed by atoms with Gasteiger partial charge in [-0.1, -0.05) is 25.4 Å². The lowest BCUT2D eigenvalue weighted by Gasteiger charge is -2.13. The normalized spacial score (nSPS) is 16.5. The molecule has 1 aliphatic heterocycles. The summed E-state index contributed by atoms with van der Waals surface area (Å²) in [7, 11) is 0. The number of rotatable bonds is 4. The first-order valence-corrected chi connectivity index (χ1v) is 8.66.